The quantitative estimate of drug-likeness (QED) is 0.488. The third kappa shape index (κ3) is 5.78. The number of hydrogen-bond acceptors (Lipinski definition) is 2. The third-order valence-electron chi connectivity index (χ3n) is 3.63. The zero-order chi connectivity index (χ0) is 18.3. The van der Waals surface area contributed by atoms with Crippen LogP contribution in [0.2, 0.25) is 0 Å². The fraction of sp³-hybridized carbons (Fsp3) is 0.333. The molecule has 6 heteroatoms. The average Bonchev–Trinajstić information content (AvgIpc) is 3.00. The molecular formula is C18H22Cl2FeN3. The minimum absolute atomic E-state index is 0.194. The normalized spacial score (nSPS) is 12.0. The molecule has 1 aromatic heterocycles. The Kier molecular flexibility index (Phi) is 8.79. The zero-order valence-electron chi connectivity index (χ0n) is 14.8. The van der Waals surface area contributed by atoms with E-state index in [9.17, 15) is 0 Å². The van der Waals surface area contributed by atoms with Gasteiger partial charge in [0, 0.05) is 18.5 Å². The summed E-state index contributed by atoms with van der Waals surface area (Å²) in [5.41, 5.74) is 8.41. The van der Waals surface area contributed by atoms with Gasteiger partial charge >= 0.3 is 33.3 Å². The molecule has 2 rings (SSSR count). The minimum atomic E-state index is 0.194. The topological polar surface area (TPSA) is 38.8 Å². The molecule has 0 aliphatic heterocycles. The second-order valence-electron chi connectivity index (χ2n) is 5.52. The monoisotopic (exact) mass is 406 g/mol. The van der Waals surface area contributed by atoms with Gasteiger partial charge in [-0.15, -0.1) is 11.4 Å². The van der Waals surface area contributed by atoms with Gasteiger partial charge in [-0.2, -0.15) is 0 Å². The molecule has 0 amide bonds. The van der Waals surface area contributed by atoms with E-state index in [1.54, 1.807) is 7.05 Å². The molecular weight excluding hydrogens is 385 g/mol. The van der Waals surface area contributed by atoms with Gasteiger partial charge in [0.2, 0.25) is 0 Å². The van der Waals surface area contributed by atoms with Crippen LogP contribution >= 0.6 is 20.2 Å². The van der Waals surface area contributed by atoms with Crippen LogP contribution in [0, 0.1) is 20.8 Å². The van der Waals surface area contributed by atoms with Crippen molar-refractivity contribution in [2.75, 3.05) is 7.05 Å². The first-order valence-electron chi connectivity index (χ1n) is 7.40. The summed E-state index contributed by atoms with van der Waals surface area (Å²) in [7, 11) is 11.3. The summed E-state index contributed by atoms with van der Waals surface area (Å²) < 4.78 is 0. The second kappa shape index (κ2) is 10.0. The van der Waals surface area contributed by atoms with E-state index >= 15 is 0 Å². The number of halogens is 2. The number of aliphatic imine (C=N–C) groups is 2. The number of aryl methyl sites for hydroxylation is 3. The third-order valence-corrected chi connectivity index (χ3v) is 3.63. The van der Waals surface area contributed by atoms with Crippen LogP contribution in [-0.4, -0.2) is 18.5 Å². The molecule has 1 heterocycles. The predicted octanol–water partition coefficient (Wildman–Crippen LogP) is 5.53. The molecule has 0 saturated heterocycles. The van der Waals surface area contributed by atoms with Gasteiger partial charge in [-0.1, -0.05) is 29.8 Å². The molecule has 24 heavy (non-hydrogen) atoms. The SMILES string of the molecule is CN=C(C)c1ccc(C(C)=Nc2c(C)cc(C)cc2C)[n-]1.[Cl][Fe+][Cl]. The van der Waals surface area contributed by atoms with E-state index in [0.29, 0.717) is 0 Å². The Morgan fingerprint density at radius 1 is 0.958 bits per heavy atom. The van der Waals surface area contributed by atoms with E-state index in [4.69, 9.17) is 25.2 Å². The standard InChI is InChI=1S/C18H22N3.2ClH.Fe/c1-11-9-12(2)18(13(3)10-11)20-15(5)17-8-7-16(21-17)14(4)19-6;;;/h7-10H,1-6H3;2*1H;/q-1;;;+3/p-2. The summed E-state index contributed by atoms with van der Waals surface area (Å²) in [6.45, 7) is 10.3. The molecule has 0 bridgehead atoms. The van der Waals surface area contributed by atoms with Crippen molar-refractivity contribution in [2.24, 2.45) is 9.98 Å². The average molecular weight is 407 g/mol. The maximum absolute atomic E-state index is 4.78. The Labute approximate surface area is 159 Å². The van der Waals surface area contributed by atoms with Gasteiger partial charge in [-0.3, -0.25) is 9.98 Å². The number of rotatable bonds is 3. The Morgan fingerprint density at radius 3 is 1.88 bits per heavy atom. The Bertz CT molecular complexity index is 725. The molecule has 0 N–H and O–H groups in total. The van der Waals surface area contributed by atoms with Gasteiger partial charge < -0.3 is 4.98 Å². The van der Waals surface area contributed by atoms with Gasteiger partial charge in [-0.05, 0) is 45.7 Å². The van der Waals surface area contributed by atoms with Crippen molar-refractivity contribution >= 4 is 37.3 Å². The first-order valence-corrected chi connectivity index (χ1v) is 10.4. The molecule has 0 atom stereocenters. The Morgan fingerprint density at radius 2 is 1.42 bits per heavy atom. The summed E-state index contributed by atoms with van der Waals surface area (Å²) >= 11 is 0.194. The fourth-order valence-corrected chi connectivity index (χ4v) is 2.45. The molecule has 0 spiro atoms. The van der Waals surface area contributed by atoms with Crippen LogP contribution < -0.4 is 4.98 Å². The van der Waals surface area contributed by atoms with E-state index in [1.807, 2.05) is 26.0 Å². The summed E-state index contributed by atoms with van der Waals surface area (Å²) in [4.78, 5) is 13.5. The van der Waals surface area contributed by atoms with Crippen LogP contribution in [0.15, 0.2) is 34.3 Å². The second-order valence-corrected chi connectivity index (χ2v) is 7.34. The van der Waals surface area contributed by atoms with Crippen LogP contribution in [0.1, 0.15) is 41.9 Å². The molecule has 0 unspecified atom stereocenters. The van der Waals surface area contributed by atoms with Crippen molar-refractivity contribution in [3.05, 3.63) is 52.3 Å². The van der Waals surface area contributed by atoms with Gasteiger partial charge in [-0.25, -0.2) is 0 Å². The number of hydrogen-bond donors (Lipinski definition) is 0. The Hall–Kier alpha value is -1.06. The molecule has 131 valence electrons. The van der Waals surface area contributed by atoms with Crippen LogP contribution in [0.3, 0.4) is 0 Å². The summed E-state index contributed by atoms with van der Waals surface area (Å²) in [5, 5.41) is 0. The molecule has 0 saturated carbocycles. The molecule has 2 aromatic rings. The van der Waals surface area contributed by atoms with Crippen molar-refractivity contribution < 1.29 is 13.1 Å². The van der Waals surface area contributed by atoms with Crippen molar-refractivity contribution in [1.82, 2.24) is 4.98 Å². The molecule has 1 aromatic carbocycles. The molecule has 0 aliphatic rings. The van der Waals surface area contributed by atoms with E-state index in [1.165, 1.54) is 16.7 Å². The van der Waals surface area contributed by atoms with Crippen molar-refractivity contribution in [2.45, 2.75) is 34.6 Å². The van der Waals surface area contributed by atoms with E-state index in [0.717, 1.165) is 28.5 Å². The fourth-order valence-electron chi connectivity index (χ4n) is 2.45. The van der Waals surface area contributed by atoms with E-state index in [-0.39, 0.29) is 13.1 Å². The molecule has 3 nitrogen and oxygen atoms in total. The number of nitrogens with zero attached hydrogens (tertiary/aromatic N) is 3. The van der Waals surface area contributed by atoms with Gasteiger partial charge in [0.1, 0.15) is 0 Å². The summed E-state index contributed by atoms with van der Waals surface area (Å²) in [6.07, 6.45) is 0. The zero-order valence-corrected chi connectivity index (χ0v) is 17.4. The first-order chi connectivity index (χ1) is 11.3. The van der Waals surface area contributed by atoms with Crippen molar-refractivity contribution in [1.29, 1.82) is 0 Å². The Balaban J connectivity index is 0.000000891. The van der Waals surface area contributed by atoms with Crippen LogP contribution in [0.25, 0.3) is 0 Å². The summed E-state index contributed by atoms with van der Waals surface area (Å²) in [5.74, 6) is 0. The van der Waals surface area contributed by atoms with Crippen LogP contribution in [0.4, 0.5) is 5.69 Å². The van der Waals surface area contributed by atoms with Gasteiger partial charge in [0.15, 0.2) is 0 Å². The number of benzene rings is 1. The van der Waals surface area contributed by atoms with Crippen molar-refractivity contribution in [3.63, 3.8) is 0 Å². The van der Waals surface area contributed by atoms with E-state index in [2.05, 4.69) is 42.9 Å². The van der Waals surface area contributed by atoms with Crippen molar-refractivity contribution in [3.8, 4) is 0 Å². The summed E-state index contributed by atoms with van der Waals surface area (Å²) in [6, 6.07) is 8.32. The van der Waals surface area contributed by atoms with Crippen LogP contribution in [0.5, 0.6) is 0 Å². The van der Waals surface area contributed by atoms with Gasteiger partial charge in [0.05, 0.1) is 5.69 Å². The maximum atomic E-state index is 4.78. The molecule has 0 radical (unpaired) electrons. The number of aromatic nitrogens is 1. The van der Waals surface area contributed by atoms with Gasteiger partial charge in [0.25, 0.3) is 0 Å². The van der Waals surface area contributed by atoms with E-state index < -0.39 is 0 Å². The predicted molar refractivity (Wildman–Crippen MR) is 102 cm³/mol. The molecule has 0 aliphatic carbocycles. The first kappa shape index (κ1) is 21.0. The molecule has 0 fully saturated rings. The van der Waals surface area contributed by atoms with Crippen LogP contribution in [-0.2, 0) is 13.1 Å².